The van der Waals surface area contributed by atoms with E-state index in [-0.39, 0.29) is 43.9 Å². The summed E-state index contributed by atoms with van der Waals surface area (Å²) in [6.07, 6.45) is -2.59. The van der Waals surface area contributed by atoms with Gasteiger partial charge >= 0.3 is 11.9 Å². The van der Waals surface area contributed by atoms with E-state index in [0.29, 0.717) is 11.2 Å². The maximum atomic E-state index is 11.8. The van der Waals surface area contributed by atoms with Crippen molar-refractivity contribution in [2.24, 2.45) is 0 Å². The molecule has 4 aromatic rings. The molecule has 1 unspecified atom stereocenters. The van der Waals surface area contributed by atoms with E-state index < -0.39 is 43.1 Å². The average Bonchev–Trinajstić information content (AvgIpc) is 3.59. The summed E-state index contributed by atoms with van der Waals surface area (Å²) in [5, 5.41) is 11.8. The van der Waals surface area contributed by atoms with Crippen LogP contribution in [-0.2, 0) is 23.8 Å². The second-order valence-corrected chi connectivity index (χ2v) is 9.79. The Morgan fingerprint density at radius 2 is 1.83 bits per heavy atom. The van der Waals surface area contributed by atoms with Crippen LogP contribution in [0.4, 0.5) is 5.95 Å². The van der Waals surface area contributed by atoms with Crippen molar-refractivity contribution in [3.63, 3.8) is 0 Å². The second-order valence-electron chi connectivity index (χ2n) is 7.76. The molecule has 2 N–H and O–H groups in total. The topological polar surface area (TPSA) is 149 Å². The van der Waals surface area contributed by atoms with Crippen molar-refractivity contribution in [2.75, 3.05) is 6.61 Å². The van der Waals surface area contributed by atoms with E-state index in [4.69, 9.17) is 19.9 Å². The van der Waals surface area contributed by atoms with E-state index >= 15 is 0 Å². The fraction of sp³-hybridized carbons (Fsp3) is 0.318. The SMILES string of the molecule is CC(=O)OC1[C@@H](CO)O[C@@H](n2cnc3c(-c4ccc(-c5cccs5)s4)nc([NH-])nc32)[C@H]1OC(C)=O.[Pa]. The smallest absolute Gasteiger partial charge is 0.303 e. The number of aliphatic hydroxyl groups is 1. The van der Waals surface area contributed by atoms with Gasteiger partial charge in [0, 0.05) is 72.4 Å². The number of nitrogens with zero attached hydrogens (tertiary/aromatic N) is 4. The van der Waals surface area contributed by atoms with Crippen LogP contribution in [0.2, 0.25) is 0 Å². The first-order valence-electron chi connectivity index (χ1n) is 10.6. The summed E-state index contributed by atoms with van der Waals surface area (Å²) in [6, 6.07) is 7.93. The molecule has 0 saturated carbocycles. The number of esters is 2. The molecule has 11 nitrogen and oxygen atoms in total. The van der Waals surface area contributed by atoms with Gasteiger partial charge in [0.05, 0.1) is 18.6 Å². The third-order valence-electron chi connectivity index (χ3n) is 5.37. The van der Waals surface area contributed by atoms with Gasteiger partial charge in [-0.25, -0.2) is 4.98 Å². The van der Waals surface area contributed by atoms with Gasteiger partial charge in [-0.2, -0.15) is 0 Å². The number of nitrogens with one attached hydrogen (secondary N) is 1. The second kappa shape index (κ2) is 11.0. The molecule has 1 aliphatic rings. The summed E-state index contributed by atoms with van der Waals surface area (Å²) in [5.74, 6) is -1.44. The van der Waals surface area contributed by atoms with Crippen molar-refractivity contribution in [3.8, 4) is 20.3 Å². The number of carbonyl (C=O) groups excluding carboxylic acids is 2. The third-order valence-corrected chi connectivity index (χ3v) is 7.53. The number of aliphatic hydroxyl groups excluding tert-OH is 1. The Kier molecular flexibility index (Phi) is 8.16. The van der Waals surface area contributed by atoms with Crippen LogP contribution in [0.5, 0.6) is 0 Å². The third kappa shape index (κ3) is 5.08. The van der Waals surface area contributed by atoms with Crippen molar-refractivity contribution < 1.29 is 61.2 Å². The normalized spacial score (nSPS) is 21.3. The van der Waals surface area contributed by atoms with Crippen molar-refractivity contribution in [3.05, 3.63) is 41.7 Å². The van der Waals surface area contributed by atoms with Gasteiger partial charge in [-0.1, -0.05) is 6.07 Å². The van der Waals surface area contributed by atoms with Gasteiger partial charge in [-0.3, -0.25) is 14.2 Å². The molecule has 0 spiro atoms. The largest absolute Gasteiger partial charge is 0.456 e. The fourth-order valence-electron chi connectivity index (χ4n) is 4.02. The molecule has 0 aliphatic carbocycles. The first-order chi connectivity index (χ1) is 16.9. The molecule has 0 bridgehead atoms. The molecule has 1 saturated heterocycles. The Hall–Kier alpha value is -2.30. The van der Waals surface area contributed by atoms with E-state index in [0.717, 1.165) is 14.6 Å². The standard InChI is InChI=1S/C22H20N5O6S2.Pa/c1-10(29)31-18-12(8-28)33-21(19(18)32-11(2)30)27-9-24-17-16(25-22(23)26-20(17)27)15-6-5-14(35-15)13-4-3-7-34-13;/h3-7,9,12,18-19,21,28H,8H2,1-2H3,(H-,23,25,26);/q-1;/t12-,18?,19+,21-;/m1./s1. The molecule has 0 aromatic carbocycles. The minimum atomic E-state index is -1.06. The summed E-state index contributed by atoms with van der Waals surface area (Å²) < 4.78 is 18.2. The van der Waals surface area contributed by atoms with Crippen LogP contribution < -0.4 is 0 Å². The maximum Gasteiger partial charge on any atom is 0.303 e. The van der Waals surface area contributed by atoms with Gasteiger partial charge in [0.2, 0.25) is 0 Å². The molecule has 4 aromatic heterocycles. The van der Waals surface area contributed by atoms with E-state index in [9.17, 15) is 14.7 Å². The van der Waals surface area contributed by atoms with Crippen LogP contribution in [0.25, 0.3) is 37.2 Å². The summed E-state index contributed by atoms with van der Waals surface area (Å²) in [6.45, 7) is 1.98. The average molecular weight is 746 g/mol. The molecule has 5 heterocycles. The molecule has 185 valence electrons. The van der Waals surface area contributed by atoms with Crippen molar-refractivity contribution >= 4 is 51.7 Å². The molecule has 36 heavy (non-hydrogen) atoms. The first-order valence-corrected chi connectivity index (χ1v) is 12.3. The zero-order valence-corrected chi connectivity index (χ0v) is 25.6. The van der Waals surface area contributed by atoms with Gasteiger partial charge in [0.1, 0.15) is 11.6 Å². The number of hydrogen-bond acceptors (Lipinski definition) is 11. The van der Waals surface area contributed by atoms with Crippen LogP contribution in [0.15, 0.2) is 36.0 Å². The quantitative estimate of drug-likeness (QED) is 0.292. The first kappa shape index (κ1) is 26.8. The minimum Gasteiger partial charge on any atom is -0.456 e. The molecule has 5 rings (SSSR count). The molecule has 1 aliphatic heterocycles. The van der Waals surface area contributed by atoms with Crippen LogP contribution in [0.3, 0.4) is 0 Å². The molecular weight excluding hydrogens is 725 g/mol. The molecular formula is C22H20N5O6PaS2-. The fourth-order valence-corrected chi connectivity index (χ4v) is 5.85. The van der Waals surface area contributed by atoms with E-state index in [1.807, 2.05) is 29.6 Å². The predicted octanol–water partition coefficient (Wildman–Crippen LogP) is 3.72. The van der Waals surface area contributed by atoms with Gasteiger partial charge in [0.15, 0.2) is 18.4 Å². The zero-order valence-electron chi connectivity index (χ0n) is 19.2. The minimum absolute atomic E-state index is 0. The number of fused-ring (bicyclic) bond motifs is 1. The molecule has 0 amide bonds. The number of carbonyl (C=O) groups is 2. The van der Waals surface area contributed by atoms with Crippen LogP contribution in [-0.4, -0.2) is 61.5 Å². The summed E-state index contributed by atoms with van der Waals surface area (Å²) >= 11 is 3.16. The number of aromatic nitrogens is 4. The van der Waals surface area contributed by atoms with E-state index in [1.165, 1.54) is 36.1 Å². The van der Waals surface area contributed by atoms with Crippen LogP contribution in [0, 0.1) is 32.3 Å². The van der Waals surface area contributed by atoms with Gasteiger partial charge in [-0.05, 0) is 23.6 Å². The van der Waals surface area contributed by atoms with Crippen LogP contribution in [0.1, 0.15) is 20.1 Å². The molecule has 4 atom stereocenters. The van der Waals surface area contributed by atoms with E-state index in [2.05, 4.69) is 15.0 Å². The Morgan fingerprint density at radius 1 is 1.11 bits per heavy atom. The Labute approximate surface area is 238 Å². The van der Waals surface area contributed by atoms with Crippen molar-refractivity contribution in [1.82, 2.24) is 19.5 Å². The van der Waals surface area contributed by atoms with Gasteiger partial charge in [0.25, 0.3) is 0 Å². The molecule has 1 fully saturated rings. The summed E-state index contributed by atoms with van der Waals surface area (Å²) in [4.78, 5) is 39.6. The number of hydrogen-bond donors (Lipinski definition) is 1. The number of rotatable bonds is 6. The van der Waals surface area contributed by atoms with Gasteiger partial charge < -0.3 is 35.0 Å². The monoisotopic (exact) mass is 745 g/mol. The Bertz CT molecular complexity index is 1390. The number of thiophene rings is 2. The number of ether oxygens (including phenoxy) is 3. The number of imidazole rings is 1. The zero-order chi connectivity index (χ0) is 24.7. The maximum absolute atomic E-state index is 11.8. The summed E-state index contributed by atoms with van der Waals surface area (Å²) in [7, 11) is 0. The van der Waals surface area contributed by atoms with Crippen molar-refractivity contribution in [2.45, 2.75) is 38.4 Å². The Balaban J connectivity index is 0.00000304. The molecule has 1 radical (unpaired) electrons. The van der Waals surface area contributed by atoms with E-state index in [1.54, 1.807) is 11.3 Å². The summed E-state index contributed by atoms with van der Waals surface area (Å²) in [5.41, 5.74) is 9.41. The Morgan fingerprint density at radius 3 is 2.50 bits per heavy atom. The predicted molar refractivity (Wildman–Crippen MR) is 128 cm³/mol. The van der Waals surface area contributed by atoms with Gasteiger partial charge in [-0.15, -0.1) is 22.7 Å². The van der Waals surface area contributed by atoms with Crippen LogP contribution >= 0.6 is 22.7 Å². The van der Waals surface area contributed by atoms with Crippen molar-refractivity contribution in [1.29, 1.82) is 0 Å². The molecule has 14 heteroatoms.